The maximum atomic E-state index is 11.7. The molecule has 0 saturated heterocycles. The van der Waals surface area contributed by atoms with E-state index in [1.807, 2.05) is 30.3 Å². The van der Waals surface area contributed by atoms with Gasteiger partial charge in [0.25, 0.3) is 5.69 Å². The average molecular weight is 285 g/mol. The van der Waals surface area contributed by atoms with Crippen molar-refractivity contribution in [2.24, 2.45) is 0 Å². The van der Waals surface area contributed by atoms with Gasteiger partial charge in [0.1, 0.15) is 0 Å². The molecule has 21 heavy (non-hydrogen) atoms. The largest absolute Gasteiger partial charge is 0.299 e. The number of carbonyl (C=O) groups excluding carboxylic acids is 1. The lowest BCUT2D eigenvalue weighted by Crippen LogP contribution is -2.29. The van der Waals surface area contributed by atoms with E-state index in [9.17, 15) is 14.9 Å². The van der Waals surface area contributed by atoms with Gasteiger partial charge in [-0.05, 0) is 24.1 Å². The van der Waals surface area contributed by atoms with Crippen molar-refractivity contribution in [1.29, 1.82) is 0 Å². The maximum Gasteiger partial charge on any atom is 0.269 e. The molecule has 0 radical (unpaired) electrons. The molecule has 0 bridgehead atoms. The third-order valence-electron chi connectivity index (χ3n) is 2.91. The molecule has 6 nitrogen and oxygen atoms in total. The number of nitro groups is 1. The molecule has 108 valence electrons. The Morgan fingerprint density at radius 2 is 1.71 bits per heavy atom. The van der Waals surface area contributed by atoms with Gasteiger partial charge in [-0.1, -0.05) is 30.3 Å². The van der Waals surface area contributed by atoms with Crippen LogP contribution in [-0.2, 0) is 11.2 Å². The summed E-state index contributed by atoms with van der Waals surface area (Å²) in [6, 6.07) is 15.6. The molecule has 0 fully saturated rings. The first-order valence-corrected chi connectivity index (χ1v) is 6.48. The van der Waals surface area contributed by atoms with Gasteiger partial charge in [-0.15, -0.1) is 0 Å². The van der Waals surface area contributed by atoms with Gasteiger partial charge in [0.2, 0.25) is 5.91 Å². The van der Waals surface area contributed by atoms with Gasteiger partial charge in [-0.25, -0.2) is 0 Å². The number of benzene rings is 2. The molecule has 0 heterocycles. The van der Waals surface area contributed by atoms with E-state index in [1.54, 1.807) is 0 Å². The van der Waals surface area contributed by atoms with Crippen molar-refractivity contribution >= 4 is 17.3 Å². The van der Waals surface area contributed by atoms with Gasteiger partial charge >= 0.3 is 0 Å². The van der Waals surface area contributed by atoms with Crippen LogP contribution < -0.4 is 10.9 Å². The van der Waals surface area contributed by atoms with Gasteiger partial charge in [-0.2, -0.15) is 0 Å². The van der Waals surface area contributed by atoms with E-state index >= 15 is 0 Å². The summed E-state index contributed by atoms with van der Waals surface area (Å²) in [4.78, 5) is 21.7. The third-order valence-corrected chi connectivity index (χ3v) is 2.91. The number of anilines is 1. The fourth-order valence-corrected chi connectivity index (χ4v) is 1.77. The fraction of sp³-hybridized carbons (Fsp3) is 0.133. The zero-order chi connectivity index (χ0) is 15.1. The topological polar surface area (TPSA) is 84.3 Å². The maximum absolute atomic E-state index is 11.7. The molecule has 0 atom stereocenters. The molecule has 2 N–H and O–H groups in total. The highest BCUT2D eigenvalue weighted by Crippen LogP contribution is 2.14. The van der Waals surface area contributed by atoms with E-state index in [0.29, 0.717) is 18.5 Å². The SMILES string of the molecule is O=C(CCc1ccccc1)NNc1ccc([N+](=O)[O-])cc1. The highest BCUT2D eigenvalue weighted by atomic mass is 16.6. The number of hydrogen-bond acceptors (Lipinski definition) is 4. The summed E-state index contributed by atoms with van der Waals surface area (Å²) in [5.41, 5.74) is 6.99. The van der Waals surface area contributed by atoms with Crippen LogP contribution in [0.1, 0.15) is 12.0 Å². The normalized spacial score (nSPS) is 9.90. The second-order valence-electron chi connectivity index (χ2n) is 4.46. The van der Waals surface area contributed by atoms with Crippen molar-refractivity contribution in [3.05, 3.63) is 70.3 Å². The highest BCUT2D eigenvalue weighted by Gasteiger charge is 2.05. The molecular weight excluding hydrogens is 270 g/mol. The molecule has 0 unspecified atom stereocenters. The summed E-state index contributed by atoms with van der Waals surface area (Å²) >= 11 is 0. The van der Waals surface area contributed by atoms with Crippen LogP contribution >= 0.6 is 0 Å². The van der Waals surface area contributed by atoms with Crippen molar-refractivity contribution in [3.8, 4) is 0 Å². The second-order valence-corrected chi connectivity index (χ2v) is 4.46. The molecular formula is C15H15N3O3. The van der Waals surface area contributed by atoms with Crippen molar-refractivity contribution in [2.75, 3.05) is 5.43 Å². The summed E-state index contributed by atoms with van der Waals surface area (Å²) < 4.78 is 0. The van der Waals surface area contributed by atoms with Crippen LogP contribution in [0.25, 0.3) is 0 Å². The lowest BCUT2D eigenvalue weighted by Gasteiger charge is -2.08. The predicted octanol–water partition coefficient (Wildman–Crippen LogP) is 2.67. The van der Waals surface area contributed by atoms with E-state index in [0.717, 1.165) is 5.56 Å². The molecule has 0 aliphatic carbocycles. The van der Waals surface area contributed by atoms with Crippen LogP contribution in [0.2, 0.25) is 0 Å². The van der Waals surface area contributed by atoms with Crippen LogP contribution in [-0.4, -0.2) is 10.8 Å². The first kappa shape index (κ1) is 14.5. The number of rotatable bonds is 6. The number of nitrogens with one attached hydrogen (secondary N) is 2. The number of amides is 1. The zero-order valence-corrected chi connectivity index (χ0v) is 11.3. The number of hydrogen-bond donors (Lipinski definition) is 2. The van der Waals surface area contributed by atoms with Crippen molar-refractivity contribution in [2.45, 2.75) is 12.8 Å². The fourth-order valence-electron chi connectivity index (χ4n) is 1.77. The van der Waals surface area contributed by atoms with Gasteiger partial charge < -0.3 is 0 Å². The van der Waals surface area contributed by atoms with E-state index in [4.69, 9.17) is 0 Å². The monoisotopic (exact) mass is 285 g/mol. The Balaban J connectivity index is 1.77. The molecule has 0 aliphatic heterocycles. The van der Waals surface area contributed by atoms with Crippen LogP contribution in [0.4, 0.5) is 11.4 Å². The summed E-state index contributed by atoms with van der Waals surface area (Å²) in [6.07, 6.45) is 1.03. The molecule has 0 aliphatic rings. The molecule has 2 aromatic rings. The first-order valence-electron chi connectivity index (χ1n) is 6.48. The Kier molecular flexibility index (Phi) is 4.87. The Morgan fingerprint density at radius 1 is 1.05 bits per heavy atom. The van der Waals surface area contributed by atoms with Gasteiger partial charge in [-0.3, -0.25) is 25.8 Å². The Bertz CT molecular complexity index is 612. The lowest BCUT2D eigenvalue weighted by atomic mass is 10.1. The molecule has 0 saturated carbocycles. The van der Waals surface area contributed by atoms with Crippen molar-refractivity contribution in [1.82, 2.24) is 5.43 Å². The van der Waals surface area contributed by atoms with E-state index in [1.165, 1.54) is 24.3 Å². The minimum atomic E-state index is -0.470. The molecule has 2 aromatic carbocycles. The number of carbonyl (C=O) groups is 1. The van der Waals surface area contributed by atoms with Crippen molar-refractivity contribution in [3.63, 3.8) is 0 Å². The molecule has 0 spiro atoms. The Morgan fingerprint density at radius 3 is 2.33 bits per heavy atom. The summed E-state index contributed by atoms with van der Waals surface area (Å²) in [5, 5.41) is 10.5. The number of non-ortho nitro benzene ring substituents is 1. The quantitative estimate of drug-likeness (QED) is 0.631. The Hall–Kier alpha value is -2.89. The third kappa shape index (κ3) is 4.61. The molecule has 2 rings (SSSR count). The van der Waals surface area contributed by atoms with E-state index in [2.05, 4.69) is 10.9 Å². The summed E-state index contributed by atoms with van der Waals surface area (Å²) in [5.74, 6) is -0.141. The number of nitro benzene ring substituents is 1. The van der Waals surface area contributed by atoms with Crippen LogP contribution in [0, 0.1) is 10.1 Å². The minimum absolute atomic E-state index is 0.0101. The standard InChI is InChI=1S/C15H15N3O3/c19-15(11-6-12-4-2-1-3-5-12)17-16-13-7-9-14(10-8-13)18(20)21/h1-5,7-10,16H,6,11H2,(H,17,19). The molecule has 6 heteroatoms. The molecule has 0 aromatic heterocycles. The van der Waals surface area contributed by atoms with Gasteiger partial charge in [0, 0.05) is 18.6 Å². The predicted molar refractivity (Wildman–Crippen MR) is 79.6 cm³/mol. The summed E-state index contributed by atoms with van der Waals surface area (Å²) in [6.45, 7) is 0. The first-order chi connectivity index (χ1) is 10.1. The van der Waals surface area contributed by atoms with Crippen molar-refractivity contribution < 1.29 is 9.72 Å². The minimum Gasteiger partial charge on any atom is -0.299 e. The van der Waals surface area contributed by atoms with E-state index in [-0.39, 0.29) is 11.6 Å². The van der Waals surface area contributed by atoms with Crippen LogP contribution in [0.3, 0.4) is 0 Å². The Labute approximate surface area is 121 Å². The number of aryl methyl sites for hydroxylation is 1. The van der Waals surface area contributed by atoms with Crippen LogP contribution in [0.15, 0.2) is 54.6 Å². The van der Waals surface area contributed by atoms with Gasteiger partial charge in [0.05, 0.1) is 10.6 Å². The van der Waals surface area contributed by atoms with E-state index < -0.39 is 4.92 Å². The average Bonchev–Trinajstić information content (AvgIpc) is 2.52. The second kappa shape index (κ2) is 7.04. The highest BCUT2D eigenvalue weighted by molar-refractivity contribution is 5.77. The smallest absolute Gasteiger partial charge is 0.269 e. The molecule has 1 amide bonds. The summed E-state index contributed by atoms with van der Waals surface area (Å²) in [7, 11) is 0. The lowest BCUT2D eigenvalue weighted by molar-refractivity contribution is -0.384. The van der Waals surface area contributed by atoms with Gasteiger partial charge in [0.15, 0.2) is 0 Å². The number of nitrogens with zero attached hydrogens (tertiary/aromatic N) is 1. The number of hydrazine groups is 1. The van der Waals surface area contributed by atoms with Crippen LogP contribution in [0.5, 0.6) is 0 Å². The zero-order valence-electron chi connectivity index (χ0n) is 11.3.